The second kappa shape index (κ2) is 13.6. The standard InChI is InChI=1S/C29H38F2N6O3/c1-19(2)17-37-18-23(16-35-37)22-14-33-29(34-15-22)36-8-6-21(7-9-36)5-4-10-40-24-11-25(30)27(26(31)12-24)28(39)32-13-20(3)38/h11-12,14-16,18-21,38H,4-10,13,17H2,1-3H3,(H,32,39)/t20-/m0/s1. The fourth-order valence-corrected chi connectivity index (χ4v) is 4.78. The van der Waals surface area contributed by atoms with Crippen molar-refractivity contribution in [2.45, 2.75) is 59.1 Å². The molecule has 1 amide bonds. The minimum Gasteiger partial charge on any atom is -0.493 e. The van der Waals surface area contributed by atoms with Gasteiger partial charge in [0.2, 0.25) is 5.95 Å². The largest absolute Gasteiger partial charge is 0.493 e. The number of aliphatic hydroxyl groups excluding tert-OH is 1. The molecule has 0 bridgehead atoms. The zero-order valence-electron chi connectivity index (χ0n) is 23.3. The highest BCUT2D eigenvalue weighted by Gasteiger charge is 2.22. The van der Waals surface area contributed by atoms with Gasteiger partial charge in [-0.05, 0) is 44.4 Å². The predicted octanol–water partition coefficient (Wildman–Crippen LogP) is 4.46. The highest BCUT2D eigenvalue weighted by Crippen LogP contribution is 2.26. The zero-order valence-corrected chi connectivity index (χ0v) is 23.3. The first-order valence-electron chi connectivity index (χ1n) is 13.9. The SMILES string of the molecule is CC(C)Cn1cc(-c2cnc(N3CCC(CCCOc4cc(F)c(C(=O)NC[C@H](C)O)c(F)c4)CC3)nc2)cn1. The van der Waals surface area contributed by atoms with Crippen molar-refractivity contribution in [1.82, 2.24) is 25.1 Å². The lowest BCUT2D eigenvalue weighted by Gasteiger charge is -2.32. The summed E-state index contributed by atoms with van der Waals surface area (Å²) in [6, 6.07) is 2.03. The molecule has 2 N–H and O–H groups in total. The number of ether oxygens (including phenoxy) is 1. The predicted molar refractivity (Wildman–Crippen MR) is 148 cm³/mol. The molecule has 1 aromatic carbocycles. The summed E-state index contributed by atoms with van der Waals surface area (Å²) in [5, 5.41) is 16.0. The van der Waals surface area contributed by atoms with Gasteiger partial charge in [-0.3, -0.25) is 9.48 Å². The third kappa shape index (κ3) is 7.97. The normalized spacial score (nSPS) is 14.9. The molecule has 40 heavy (non-hydrogen) atoms. The Morgan fingerprint density at radius 2 is 1.77 bits per heavy atom. The maximum Gasteiger partial charge on any atom is 0.257 e. The van der Waals surface area contributed by atoms with E-state index in [1.165, 1.54) is 6.92 Å². The molecule has 0 unspecified atom stereocenters. The zero-order chi connectivity index (χ0) is 28.6. The van der Waals surface area contributed by atoms with Crippen LogP contribution in [-0.2, 0) is 6.54 Å². The Labute approximate surface area is 233 Å². The minimum atomic E-state index is -0.998. The molecule has 1 atom stereocenters. The van der Waals surface area contributed by atoms with Gasteiger partial charge in [-0.25, -0.2) is 18.7 Å². The first-order valence-corrected chi connectivity index (χ1v) is 13.9. The number of piperidine rings is 1. The van der Waals surface area contributed by atoms with Crippen LogP contribution in [0.15, 0.2) is 36.9 Å². The summed E-state index contributed by atoms with van der Waals surface area (Å²) in [4.78, 5) is 23.4. The van der Waals surface area contributed by atoms with E-state index < -0.39 is 29.2 Å². The maximum absolute atomic E-state index is 14.4. The van der Waals surface area contributed by atoms with Crippen molar-refractivity contribution < 1.29 is 23.4 Å². The first-order chi connectivity index (χ1) is 19.2. The number of carbonyl (C=O) groups is 1. The van der Waals surface area contributed by atoms with Crippen molar-refractivity contribution in [2.24, 2.45) is 11.8 Å². The monoisotopic (exact) mass is 556 g/mol. The Bertz CT molecular complexity index is 1230. The number of anilines is 1. The van der Waals surface area contributed by atoms with E-state index in [1.54, 1.807) is 0 Å². The molecule has 11 heteroatoms. The van der Waals surface area contributed by atoms with E-state index in [1.807, 2.05) is 29.5 Å². The van der Waals surface area contributed by atoms with Crippen LogP contribution >= 0.6 is 0 Å². The molecule has 1 saturated heterocycles. The van der Waals surface area contributed by atoms with Gasteiger partial charge < -0.3 is 20.1 Å². The Hall–Kier alpha value is -3.60. The van der Waals surface area contributed by atoms with Crippen LogP contribution in [0.3, 0.4) is 0 Å². The van der Waals surface area contributed by atoms with Crippen molar-refractivity contribution in [2.75, 3.05) is 31.1 Å². The molecule has 216 valence electrons. The van der Waals surface area contributed by atoms with E-state index >= 15 is 0 Å². The molecule has 4 rings (SSSR count). The van der Waals surface area contributed by atoms with E-state index in [9.17, 15) is 18.7 Å². The number of aliphatic hydroxyl groups is 1. The average Bonchev–Trinajstić information content (AvgIpc) is 3.38. The van der Waals surface area contributed by atoms with Crippen molar-refractivity contribution in [3.8, 4) is 16.9 Å². The summed E-state index contributed by atoms with van der Waals surface area (Å²) >= 11 is 0. The highest BCUT2D eigenvalue weighted by molar-refractivity contribution is 5.94. The molecular formula is C29H38F2N6O3. The van der Waals surface area contributed by atoms with E-state index in [4.69, 9.17) is 4.74 Å². The van der Waals surface area contributed by atoms with Gasteiger partial charge in [0.1, 0.15) is 22.9 Å². The van der Waals surface area contributed by atoms with Gasteiger partial charge in [-0.1, -0.05) is 13.8 Å². The molecule has 3 aromatic rings. The summed E-state index contributed by atoms with van der Waals surface area (Å²) in [7, 11) is 0. The van der Waals surface area contributed by atoms with E-state index in [-0.39, 0.29) is 12.3 Å². The number of aromatic nitrogens is 4. The van der Waals surface area contributed by atoms with Gasteiger partial charge in [0.15, 0.2) is 0 Å². The van der Waals surface area contributed by atoms with Crippen LogP contribution in [0.25, 0.3) is 11.1 Å². The smallest absolute Gasteiger partial charge is 0.257 e. The number of hydrogen-bond acceptors (Lipinski definition) is 7. The summed E-state index contributed by atoms with van der Waals surface area (Å²) in [6.07, 6.45) is 10.5. The first kappa shape index (κ1) is 29.4. The quantitative estimate of drug-likeness (QED) is 0.317. The Kier molecular flexibility index (Phi) is 10.0. The third-order valence-corrected chi connectivity index (χ3v) is 6.88. The average molecular weight is 557 g/mol. The van der Waals surface area contributed by atoms with Crippen LogP contribution in [0.1, 0.15) is 56.8 Å². The summed E-state index contributed by atoms with van der Waals surface area (Å²) in [5.74, 6) is -1.08. The Balaban J connectivity index is 1.19. The number of carbonyl (C=O) groups excluding carboxylic acids is 1. The highest BCUT2D eigenvalue weighted by atomic mass is 19.1. The maximum atomic E-state index is 14.4. The molecule has 0 spiro atoms. The fraction of sp³-hybridized carbons (Fsp3) is 0.517. The number of amides is 1. The van der Waals surface area contributed by atoms with Crippen LogP contribution in [0.5, 0.6) is 5.75 Å². The van der Waals surface area contributed by atoms with Gasteiger partial charge in [-0.15, -0.1) is 0 Å². The molecule has 0 saturated carbocycles. The summed E-state index contributed by atoms with van der Waals surface area (Å²) < 4.78 is 36.2. The van der Waals surface area contributed by atoms with E-state index in [2.05, 4.69) is 39.1 Å². The molecule has 9 nitrogen and oxygen atoms in total. The number of rotatable bonds is 12. The molecule has 1 aliphatic heterocycles. The second-order valence-corrected chi connectivity index (χ2v) is 10.9. The lowest BCUT2D eigenvalue weighted by Crippen LogP contribution is -2.34. The molecule has 1 fully saturated rings. The molecule has 0 aliphatic carbocycles. The fourth-order valence-electron chi connectivity index (χ4n) is 4.78. The van der Waals surface area contributed by atoms with Crippen LogP contribution in [0, 0.1) is 23.5 Å². The number of nitrogens with one attached hydrogen (secondary N) is 1. The third-order valence-electron chi connectivity index (χ3n) is 6.88. The minimum absolute atomic E-state index is 0.0461. The van der Waals surface area contributed by atoms with Crippen LogP contribution in [-0.4, -0.2) is 63.1 Å². The number of nitrogens with zero attached hydrogens (tertiary/aromatic N) is 5. The van der Waals surface area contributed by atoms with Crippen molar-refractivity contribution in [1.29, 1.82) is 0 Å². The van der Waals surface area contributed by atoms with Gasteiger partial charge in [0, 0.05) is 68.0 Å². The van der Waals surface area contributed by atoms with E-state index in [0.717, 1.165) is 74.5 Å². The van der Waals surface area contributed by atoms with Crippen LogP contribution < -0.4 is 15.0 Å². The number of benzene rings is 1. The van der Waals surface area contributed by atoms with Crippen molar-refractivity contribution in [3.05, 3.63) is 54.1 Å². The van der Waals surface area contributed by atoms with Gasteiger partial charge in [0.05, 0.1) is 18.9 Å². The second-order valence-electron chi connectivity index (χ2n) is 10.9. The molecule has 3 heterocycles. The number of hydrogen-bond donors (Lipinski definition) is 2. The summed E-state index contributed by atoms with van der Waals surface area (Å²) in [6.45, 7) is 8.62. The van der Waals surface area contributed by atoms with Crippen LogP contribution in [0.2, 0.25) is 0 Å². The summed E-state index contributed by atoms with van der Waals surface area (Å²) in [5.41, 5.74) is 1.27. The van der Waals surface area contributed by atoms with Gasteiger partial charge in [-0.2, -0.15) is 5.10 Å². The topological polar surface area (TPSA) is 105 Å². The molecule has 1 aliphatic rings. The van der Waals surface area contributed by atoms with Gasteiger partial charge in [0.25, 0.3) is 5.91 Å². The Morgan fingerprint density at radius 3 is 2.40 bits per heavy atom. The lowest BCUT2D eigenvalue weighted by molar-refractivity contribution is 0.0915. The van der Waals surface area contributed by atoms with Gasteiger partial charge >= 0.3 is 0 Å². The number of halogens is 2. The van der Waals surface area contributed by atoms with Crippen LogP contribution in [0.4, 0.5) is 14.7 Å². The molecule has 0 radical (unpaired) electrons. The Morgan fingerprint density at radius 1 is 1.10 bits per heavy atom. The molecular weight excluding hydrogens is 518 g/mol. The van der Waals surface area contributed by atoms with E-state index in [0.29, 0.717) is 18.4 Å². The van der Waals surface area contributed by atoms with Crippen molar-refractivity contribution in [3.63, 3.8) is 0 Å². The lowest BCUT2D eigenvalue weighted by atomic mass is 9.92. The van der Waals surface area contributed by atoms with Crippen molar-refractivity contribution >= 4 is 11.9 Å². The molecule has 2 aromatic heterocycles.